The Hall–Kier alpha value is -2.05. The van der Waals surface area contributed by atoms with E-state index in [1.54, 1.807) is 23.7 Å². The van der Waals surface area contributed by atoms with Gasteiger partial charge in [-0.2, -0.15) is 0 Å². The summed E-state index contributed by atoms with van der Waals surface area (Å²) in [5, 5.41) is 0. The van der Waals surface area contributed by atoms with E-state index < -0.39 is 0 Å². The molecule has 3 aromatic rings. The van der Waals surface area contributed by atoms with Crippen LogP contribution in [0.1, 0.15) is 5.56 Å². The van der Waals surface area contributed by atoms with Crippen molar-refractivity contribution in [3.63, 3.8) is 0 Å². The quantitative estimate of drug-likeness (QED) is 0.493. The topological polar surface area (TPSA) is 79.9 Å². The average molecular weight is 528 g/mol. The van der Waals surface area contributed by atoms with E-state index in [9.17, 15) is 14.0 Å². The maximum atomic E-state index is 12.2. The first kappa shape index (κ1) is 19.3. The first-order chi connectivity index (χ1) is 11.7. The Labute approximate surface area is 154 Å². The minimum atomic E-state index is -0.310. The smallest absolute Gasteiger partial charge is 0.123 e. The molecule has 138 valence electrons. The summed E-state index contributed by atoms with van der Waals surface area (Å²) in [6, 6.07) is 6.16. The first-order valence-corrected chi connectivity index (χ1v) is 8.55. The van der Waals surface area contributed by atoms with Crippen molar-refractivity contribution in [3.8, 4) is 0 Å². The molecule has 0 atom stereocenters. The standard InChI is InChI=1S/C9H12N4O2.C7H8FN.Pt/c1-10-5-11(2)7-6(10)8(14)13(4)9(15)12(7)3;8-7-3-1-6(5-9)2-4-7;/h1-4H3;1-4H,5,9H2;. The van der Waals surface area contributed by atoms with E-state index in [1.807, 2.05) is 18.7 Å². The largest absolute Gasteiger partial charge is 0.326 e. The van der Waals surface area contributed by atoms with Crippen LogP contribution in [0.2, 0.25) is 0 Å². The van der Waals surface area contributed by atoms with Crippen LogP contribution in [0.3, 0.4) is 0 Å². The second-order valence-electron chi connectivity index (χ2n) is 5.57. The van der Waals surface area contributed by atoms with Crippen LogP contribution in [0.4, 0.5) is 4.39 Å². The van der Waals surface area contributed by atoms with Gasteiger partial charge in [-0.3, -0.25) is 0 Å². The molecule has 2 heterocycles. The van der Waals surface area contributed by atoms with E-state index in [0.717, 1.165) is 13.9 Å². The number of halogens is 1. The Morgan fingerprint density at radius 2 is 1.52 bits per heavy atom. The van der Waals surface area contributed by atoms with Crippen LogP contribution in [0, 0.1) is 9.62 Å². The second kappa shape index (κ2) is 7.45. The summed E-state index contributed by atoms with van der Waals surface area (Å²) in [6.45, 7) is 0.472. The molecular weight excluding hydrogens is 508 g/mol. The summed E-state index contributed by atoms with van der Waals surface area (Å²) in [6.07, 6.45) is 0. The molecule has 0 aliphatic carbocycles. The molecule has 9 heteroatoms. The van der Waals surface area contributed by atoms with Gasteiger partial charge in [0.2, 0.25) is 0 Å². The van der Waals surface area contributed by atoms with Crippen LogP contribution < -0.4 is 17.0 Å². The molecule has 1 aromatic carbocycles. The maximum Gasteiger partial charge on any atom is 0.123 e. The van der Waals surface area contributed by atoms with Gasteiger partial charge in [-0.25, -0.2) is 4.39 Å². The number of aromatic nitrogens is 4. The normalized spacial score (nSPS) is 10.7. The molecule has 2 aromatic heterocycles. The summed E-state index contributed by atoms with van der Waals surface area (Å²) >= 11 is 2.12. The fraction of sp³-hybridized carbons (Fsp3) is 0.312. The third-order valence-electron chi connectivity index (χ3n) is 3.92. The fourth-order valence-electron chi connectivity index (χ4n) is 2.50. The zero-order valence-corrected chi connectivity index (χ0v) is 16.7. The number of hydrogen-bond donors (Lipinski definition) is 1. The molecule has 0 fully saturated rings. The molecule has 0 bridgehead atoms. The number of benzene rings is 1. The predicted molar refractivity (Wildman–Crippen MR) is 89.9 cm³/mol. The third kappa shape index (κ3) is 3.50. The summed E-state index contributed by atoms with van der Waals surface area (Å²) in [4.78, 5) is 23.8. The second-order valence-corrected chi connectivity index (χ2v) is 6.58. The molecule has 0 aliphatic rings. The number of imidazole rings is 1. The molecule has 0 saturated heterocycles. The molecule has 0 amide bonds. The summed E-state index contributed by atoms with van der Waals surface area (Å²) in [5.74, 6) is -0.216. The monoisotopic (exact) mass is 528 g/mol. The molecular formula is C16H20FN5O2Pt. The minimum absolute atomic E-state index is 0.216. The van der Waals surface area contributed by atoms with Crippen molar-refractivity contribution in [3.05, 3.63) is 60.3 Å². The van der Waals surface area contributed by atoms with Gasteiger partial charge in [-0.05, 0) is 17.7 Å². The summed E-state index contributed by atoms with van der Waals surface area (Å²) in [7, 11) is 6.81. The van der Waals surface area contributed by atoms with Crippen molar-refractivity contribution >= 4 is 11.2 Å². The van der Waals surface area contributed by atoms with Crippen molar-refractivity contribution < 1.29 is 23.7 Å². The van der Waals surface area contributed by atoms with Crippen LogP contribution in [-0.2, 0) is 54.1 Å². The first-order valence-electron chi connectivity index (χ1n) is 7.42. The van der Waals surface area contributed by atoms with Crippen LogP contribution in [0.15, 0.2) is 33.9 Å². The van der Waals surface area contributed by atoms with Gasteiger partial charge in [0.15, 0.2) is 0 Å². The van der Waals surface area contributed by atoms with Crippen molar-refractivity contribution in [2.45, 2.75) is 6.54 Å². The van der Waals surface area contributed by atoms with Crippen LogP contribution in [0.25, 0.3) is 11.2 Å². The van der Waals surface area contributed by atoms with Gasteiger partial charge in [-0.15, -0.1) is 0 Å². The number of nitrogens with zero attached hydrogens (tertiary/aromatic N) is 4. The van der Waals surface area contributed by atoms with Crippen LogP contribution in [0.5, 0.6) is 0 Å². The van der Waals surface area contributed by atoms with E-state index in [2.05, 4.69) is 19.4 Å². The average Bonchev–Trinajstić information content (AvgIpc) is 2.83. The molecule has 0 saturated carbocycles. The number of fused-ring (bicyclic) bond motifs is 1. The van der Waals surface area contributed by atoms with Crippen molar-refractivity contribution in [1.82, 2.24) is 18.3 Å². The van der Waals surface area contributed by atoms with E-state index in [1.165, 1.54) is 23.7 Å². The van der Waals surface area contributed by atoms with Crippen molar-refractivity contribution in [2.24, 2.45) is 33.9 Å². The van der Waals surface area contributed by atoms with Gasteiger partial charge in [-0.1, -0.05) is 12.1 Å². The molecule has 0 unspecified atom stereocenters. The maximum absolute atomic E-state index is 12.2. The van der Waals surface area contributed by atoms with Crippen LogP contribution >= 0.6 is 0 Å². The molecule has 0 spiro atoms. The molecule has 0 aliphatic heterocycles. The Bertz CT molecular complexity index is 1090. The minimum Gasteiger partial charge on any atom is -0.326 e. The fourth-order valence-corrected chi connectivity index (χ4v) is 3.00. The Morgan fingerprint density at radius 1 is 0.960 bits per heavy atom. The van der Waals surface area contributed by atoms with Gasteiger partial charge < -0.3 is 5.73 Å². The van der Waals surface area contributed by atoms with Gasteiger partial charge in [0.1, 0.15) is 5.82 Å². The summed E-state index contributed by atoms with van der Waals surface area (Å²) in [5.41, 5.74) is 6.84. The van der Waals surface area contributed by atoms with Gasteiger partial charge in [0, 0.05) is 6.54 Å². The van der Waals surface area contributed by atoms with Crippen molar-refractivity contribution in [1.29, 1.82) is 0 Å². The van der Waals surface area contributed by atoms with Crippen molar-refractivity contribution in [2.75, 3.05) is 0 Å². The Morgan fingerprint density at radius 3 is 2.04 bits per heavy atom. The number of rotatable bonds is 1. The van der Waals surface area contributed by atoms with Gasteiger partial charge in [0.25, 0.3) is 0 Å². The Kier molecular flexibility index (Phi) is 5.75. The Balaban J connectivity index is 0.000000212. The third-order valence-corrected chi connectivity index (χ3v) is 5.45. The number of aryl methyl sites for hydroxylation is 3. The van der Waals surface area contributed by atoms with Gasteiger partial charge >= 0.3 is 102 Å². The van der Waals surface area contributed by atoms with E-state index in [0.29, 0.717) is 17.7 Å². The molecule has 7 nitrogen and oxygen atoms in total. The summed E-state index contributed by atoms with van der Waals surface area (Å²) < 4.78 is 19.3. The number of hydrogen-bond acceptors (Lipinski definition) is 3. The van der Waals surface area contributed by atoms with E-state index >= 15 is 0 Å². The zero-order chi connectivity index (χ0) is 18.9. The number of nitrogens with two attached hydrogens (primary N) is 1. The molecule has 0 radical (unpaired) electrons. The molecule has 3 rings (SSSR count). The SMILES string of the molecule is Cn1c(=O)c2c(n(C)c1=O)n(C)[c](=[Pt])n2C.NCc1ccc(F)cc1. The van der Waals surface area contributed by atoms with E-state index in [4.69, 9.17) is 5.73 Å². The van der Waals surface area contributed by atoms with Crippen LogP contribution in [-0.4, -0.2) is 18.3 Å². The predicted octanol–water partition coefficient (Wildman–Crippen LogP) is 0.277. The molecule has 25 heavy (non-hydrogen) atoms. The van der Waals surface area contributed by atoms with E-state index in [-0.39, 0.29) is 17.1 Å². The zero-order valence-electron chi connectivity index (χ0n) is 14.4. The molecule has 2 N–H and O–H groups in total. The van der Waals surface area contributed by atoms with Gasteiger partial charge in [0.05, 0.1) is 0 Å².